The third kappa shape index (κ3) is 20.2. The Morgan fingerprint density at radius 2 is 1.12 bits per heavy atom. The monoisotopic (exact) mass is 605 g/mol. The van der Waals surface area contributed by atoms with E-state index in [9.17, 15) is 25.2 Å². The van der Waals surface area contributed by atoms with Crippen LogP contribution < -0.4 is 5.32 Å². The van der Waals surface area contributed by atoms with Crippen LogP contribution in [0, 0.1) is 0 Å². The van der Waals surface area contributed by atoms with Crippen molar-refractivity contribution in [2.24, 2.45) is 0 Å². The first kappa shape index (κ1) is 39.2. The SMILES string of the molecule is CCCCCCCCCCCCCCCCCCCC(=O)NCCOCCOCCO[C@@H]1O[C@H](CO)[C@H](O)[C@H](O)[C@H]1O. The molecule has 1 aliphatic heterocycles. The van der Waals surface area contributed by atoms with E-state index in [0.717, 1.165) is 12.8 Å². The van der Waals surface area contributed by atoms with E-state index < -0.39 is 37.3 Å². The summed E-state index contributed by atoms with van der Waals surface area (Å²) < 4.78 is 21.5. The molecule has 0 aromatic rings. The number of carbonyl (C=O) groups is 1. The smallest absolute Gasteiger partial charge is 0.220 e. The zero-order valence-electron chi connectivity index (χ0n) is 26.4. The summed E-state index contributed by atoms with van der Waals surface area (Å²) in [5.74, 6) is 0.0705. The third-order valence-corrected chi connectivity index (χ3v) is 7.81. The summed E-state index contributed by atoms with van der Waals surface area (Å²) in [4.78, 5) is 12.0. The van der Waals surface area contributed by atoms with Gasteiger partial charge in [0.15, 0.2) is 6.29 Å². The number of rotatable bonds is 29. The Morgan fingerprint density at radius 3 is 1.64 bits per heavy atom. The van der Waals surface area contributed by atoms with Gasteiger partial charge >= 0.3 is 0 Å². The molecule has 0 radical (unpaired) electrons. The van der Waals surface area contributed by atoms with Gasteiger partial charge < -0.3 is 44.7 Å². The van der Waals surface area contributed by atoms with Crippen LogP contribution in [0.5, 0.6) is 0 Å². The minimum atomic E-state index is -1.46. The van der Waals surface area contributed by atoms with Gasteiger partial charge in [-0.1, -0.05) is 110 Å². The first-order valence-corrected chi connectivity index (χ1v) is 16.9. The Kier molecular flexibility index (Phi) is 25.8. The van der Waals surface area contributed by atoms with Crippen LogP contribution in [0.1, 0.15) is 122 Å². The quantitative estimate of drug-likeness (QED) is 0.0799. The number of ether oxygens (including phenoxy) is 4. The van der Waals surface area contributed by atoms with Gasteiger partial charge in [-0.2, -0.15) is 0 Å². The molecular formula is C32H63NO9. The lowest BCUT2D eigenvalue weighted by atomic mass is 9.99. The third-order valence-electron chi connectivity index (χ3n) is 7.81. The largest absolute Gasteiger partial charge is 0.394 e. The molecule has 1 aliphatic rings. The standard InChI is InChI=1S/C32H63NO9/c1-2-3-4-5-6-7-8-9-10-11-12-13-14-15-16-17-18-19-28(35)33-20-21-39-22-23-40-24-25-41-32-31(38)30(37)29(36)27(26-34)42-32/h27,29-32,34,36-38H,2-26H2,1H3,(H,33,35)/t27-,29+,30+,31-,32-/m1/s1. The Bertz CT molecular complexity index is 611. The van der Waals surface area contributed by atoms with Crippen molar-refractivity contribution in [2.75, 3.05) is 46.2 Å². The molecule has 0 aromatic heterocycles. The van der Waals surface area contributed by atoms with Crippen molar-refractivity contribution >= 4 is 5.91 Å². The van der Waals surface area contributed by atoms with Gasteiger partial charge in [0, 0.05) is 13.0 Å². The van der Waals surface area contributed by atoms with Gasteiger partial charge in [0.05, 0.1) is 39.6 Å². The molecule has 0 saturated carbocycles. The first-order chi connectivity index (χ1) is 20.5. The van der Waals surface area contributed by atoms with E-state index >= 15 is 0 Å². The summed E-state index contributed by atoms with van der Waals surface area (Å²) in [6, 6.07) is 0. The van der Waals surface area contributed by atoms with Crippen molar-refractivity contribution in [2.45, 2.75) is 153 Å². The van der Waals surface area contributed by atoms with Crippen LogP contribution >= 0.6 is 0 Å². The highest BCUT2D eigenvalue weighted by atomic mass is 16.7. The predicted molar refractivity (Wildman–Crippen MR) is 163 cm³/mol. The van der Waals surface area contributed by atoms with E-state index in [1.54, 1.807) is 0 Å². The summed E-state index contributed by atoms with van der Waals surface area (Å²) in [7, 11) is 0. The maximum absolute atomic E-state index is 12.0. The minimum Gasteiger partial charge on any atom is -0.394 e. The maximum Gasteiger partial charge on any atom is 0.220 e. The molecule has 250 valence electrons. The zero-order chi connectivity index (χ0) is 30.7. The van der Waals surface area contributed by atoms with E-state index in [2.05, 4.69) is 12.2 Å². The highest BCUT2D eigenvalue weighted by molar-refractivity contribution is 5.75. The van der Waals surface area contributed by atoms with Crippen LogP contribution in [-0.2, 0) is 23.7 Å². The fraction of sp³-hybridized carbons (Fsp3) is 0.969. The molecule has 1 amide bonds. The summed E-state index contributed by atoms with van der Waals surface area (Å²) in [6.45, 7) is 3.67. The summed E-state index contributed by atoms with van der Waals surface area (Å²) >= 11 is 0. The molecule has 1 fully saturated rings. The highest BCUT2D eigenvalue weighted by Gasteiger charge is 2.43. The number of aliphatic hydroxyl groups excluding tert-OH is 4. The van der Waals surface area contributed by atoms with Crippen molar-refractivity contribution in [1.82, 2.24) is 5.32 Å². The van der Waals surface area contributed by atoms with Gasteiger partial charge in [0.25, 0.3) is 0 Å². The van der Waals surface area contributed by atoms with Gasteiger partial charge in [0.1, 0.15) is 24.4 Å². The Morgan fingerprint density at radius 1 is 0.643 bits per heavy atom. The maximum atomic E-state index is 12.0. The number of amides is 1. The number of unbranched alkanes of at least 4 members (excludes halogenated alkanes) is 16. The fourth-order valence-electron chi connectivity index (χ4n) is 5.11. The van der Waals surface area contributed by atoms with Crippen LogP contribution in [0.4, 0.5) is 0 Å². The van der Waals surface area contributed by atoms with E-state index in [4.69, 9.17) is 18.9 Å². The molecule has 1 heterocycles. The number of carbonyl (C=O) groups excluding carboxylic acids is 1. The van der Waals surface area contributed by atoms with E-state index in [1.165, 1.54) is 96.3 Å². The Hall–Kier alpha value is -0.850. The number of aliphatic hydroxyl groups is 4. The average molecular weight is 606 g/mol. The molecule has 5 atom stereocenters. The minimum absolute atomic E-state index is 0.0705. The van der Waals surface area contributed by atoms with Crippen molar-refractivity contribution in [3.63, 3.8) is 0 Å². The van der Waals surface area contributed by atoms with Gasteiger partial charge in [-0.3, -0.25) is 4.79 Å². The molecule has 1 rings (SSSR count). The van der Waals surface area contributed by atoms with Crippen molar-refractivity contribution in [3.8, 4) is 0 Å². The van der Waals surface area contributed by atoms with Crippen LogP contribution in [0.15, 0.2) is 0 Å². The molecular weight excluding hydrogens is 542 g/mol. The molecule has 10 heteroatoms. The predicted octanol–water partition coefficient (Wildman–Crippen LogP) is 3.99. The number of hydrogen-bond donors (Lipinski definition) is 5. The number of hydrogen-bond acceptors (Lipinski definition) is 9. The van der Waals surface area contributed by atoms with Gasteiger partial charge in [-0.25, -0.2) is 0 Å². The van der Waals surface area contributed by atoms with Crippen LogP contribution in [0.25, 0.3) is 0 Å². The zero-order valence-corrected chi connectivity index (χ0v) is 26.4. The van der Waals surface area contributed by atoms with Crippen LogP contribution in [0.3, 0.4) is 0 Å². The first-order valence-electron chi connectivity index (χ1n) is 16.9. The lowest BCUT2D eigenvalue weighted by Gasteiger charge is -2.39. The lowest BCUT2D eigenvalue weighted by molar-refractivity contribution is -0.302. The lowest BCUT2D eigenvalue weighted by Crippen LogP contribution is -2.59. The van der Waals surface area contributed by atoms with Crippen molar-refractivity contribution < 1.29 is 44.2 Å². The van der Waals surface area contributed by atoms with Crippen LogP contribution in [-0.4, -0.2) is 103 Å². The van der Waals surface area contributed by atoms with Gasteiger partial charge in [-0.05, 0) is 6.42 Å². The molecule has 10 nitrogen and oxygen atoms in total. The Balaban J connectivity index is 1.78. The summed E-state index contributed by atoms with van der Waals surface area (Å²) in [5, 5.41) is 41.5. The Labute approximate surface area is 254 Å². The molecule has 0 unspecified atom stereocenters. The summed E-state index contributed by atoms with van der Waals surface area (Å²) in [5.41, 5.74) is 0. The molecule has 5 N–H and O–H groups in total. The molecule has 1 saturated heterocycles. The topological polar surface area (TPSA) is 147 Å². The fourth-order valence-corrected chi connectivity index (χ4v) is 5.11. The van der Waals surface area contributed by atoms with Crippen molar-refractivity contribution in [1.29, 1.82) is 0 Å². The summed E-state index contributed by atoms with van der Waals surface area (Å²) in [6.07, 6.45) is 16.7. The van der Waals surface area contributed by atoms with Gasteiger partial charge in [-0.15, -0.1) is 0 Å². The van der Waals surface area contributed by atoms with E-state index in [0.29, 0.717) is 32.8 Å². The van der Waals surface area contributed by atoms with E-state index in [-0.39, 0.29) is 19.1 Å². The van der Waals surface area contributed by atoms with Crippen molar-refractivity contribution in [3.05, 3.63) is 0 Å². The molecule has 0 aromatic carbocycles. The molecule has 0 spiro atoms. The second-order valence-electron chi connectivity index (χ2n) is 11.5. The molecule has 42 heavy (non-hydrogen) atoms. The second-order valence-corrected chi connectivity index (χ2v) is 11.5. The average Bonchev–Trinajstić information content (AvgIpc) is 2.99. The highest BCUT2D eigenvalue weighted by Crippen LogP contribution is 2.21. The van der Waals surface area contributed by atoms with Gasteiger partial charge in [0.2, 0.25) is 5.91 Å². The normalized spacial score (nSPS) is 22.5. The number of nitrogens with one attached hydrogen (secondary N) is 1. The van der Waals surface area contributed by atoms with E-state index in [1.807, 2.05) is 0 Å². The molecule has 0 aliphatic carbocycles. The second kappa shape index (κ2) is 27.7. The van der Waals surface area contributed by atoms with Crippen LogP contribution in [0.2, 0.25) is 0 Å². The molecule has 0 bridgehead atoms.